The first-order valence-corrected chi connectivity index (χ1v) is 7.48. The molecule has 0 amide bonds. The summed E-state index contributed by atoms with van der Waals surface area (Å²) in [6.07, 6.45) is 1.50. The van der Waals surface area contributed by atoms with Crippen LogP contribution in [-0.2, 0) is 0 Å². The summed E-state index contributed by atoms with van der Waals surface area (Å²) in [5, 5.41) is 6.55. The molecule has 1 atom stereocenters. The second kappa shape index (κ2) is 6.79. The Kier molecular flexibility index (Phi) is 4.38. The molecule has 5 nitrogen and oxygen atoms in total. The Hall–Kier alpha value is -3.08. The molecule has 0 saturated carbocycles. The first-order chi connectivity index (χ1) is 11.2. The zero-order chi connectivity index (χ0) is 16.1. The van der Waals surface area contributed by atoms with Gasteiger partial charge in [0, 0.05) is 5.69 Å². The maximum atomic E-state index is 6.21. The van der Waals surface area contributed by atoms with Crippen LogP contribution in [-0.4, -0.2) is 9.97 Å². The fraction of sp³-hybridized carbons (Fsp3) is 0.111. The minimum absolute atomic E-state index is 0.0953. The molecule has 23 heavy (non-hydrogen) atoms. The van der Waals surface area contributed by atoms with Crippen LogP contribution in [0.25, 0.3) is 0 Å². The van der Waals surface area contributed by atoms with Crippen LogP contribution in [0.4, 0.5) is 23.0 Å². The van der Waals surface area contributed by atoms with Crippen LogP contribution in [0.15, 0.2) is 67.0 Å². The standard InChI is InChI=1S/C18H19N5/c1-13(14-8-4-2-5-9-14)22-17-16(19)18(21-12-20-17)23-15-10-6-3-7-11-15/h2-13H,19H2,1H3,(H2,20,21,22,23). The van der Waals surface area contributed by atoms with Gasteiger partial charge in [0.25, 0.3) is 0 Å². The first-order valence-electron chi connectivity index (χ1n) is 7.48. The zero-order valence-corrected chi connectivity index (χ0v) is 12.9. The van der Waals surface area contributed by atoms with E-state index in [1.54, 1.807) is 0 Å². The molecule has 0 radical (unpaired) electrons. The van der Waals surface area contributed by atoms with E-state index in [4.69, 9.17) is 5.73 Å². The molecule has 0 fully saturated rings. The number of aromatic nitrogens is 2. The van der Waals surface area contributed by atoms with E-state index in [2.05, 4.69) is 39.7 Å². The third kappa shape index (κ3) is 3.58. The van der Waals surface area contributed by atoms with Crippen LogP contribution < -0.4 is 16.4 Å². The van der Waals surface area contributed by atoms with Gasteiger partial charge < -0.3 is 16.4 Å². The second-order valence-electron chi connectivity index (χ2n) is 5.25. The van der Waals surface area contributed by atoms with Crippen molar-refractivity contribution in [2.45, 2.75) is 13.0 Å². The lowest BCUT2D eigenvalue weighted by molar-refractivity contribution is 0.873. The third-order valence-corrected chi connectivity index (χ3v) is 3.57. The fourth-order valence-corrected chi connectivity index (χ4v) is 2.30. The molecule has 3 rings (SSSR count). The van der Waals surface area contributed by atoms with E-state index >= 15 is 0 Å². The molecular formula is C18H19N5. The van der Waals surface area contributed by atoms with Gasteiger partial charge in [-0.2, -0.15) is 0 Å². The number of benzene rings is 2. The van der Waals surface area contributed by atoms with E-state index in [1.807, 2.05) is 48.5 Å². The number of rotatable bonds is 5. The van der Waals surface area contributed by atoms with Crippen LogP contribution in [0, 0.1) is 0 Å². The van der Waals surface area contributed by atoms with Crippen molar-refractivity contribution < 1.29 is 0 Å². The van der Waals surface area contributed by atoms with Crippen molar-refractivity contribution >= 4 is 23.0 Å². The SMILES string of the molecule is CC(Nc1ncnc(Nc2ccccc2)c1N)c1ccccc1. The van der Waals surface area contributed by atoms with Crippen molar-refractivity contribution in [2.75, 3.05) is 16.4 Å². The van der Waals surface area contributed by atoms with Gasteiger partial charge in [-0.3, -0.25) is 0 Å². The Morgan fingerprint density at radius 3 is 2.17 bits per heavy atom. The van der Waals surface area contributed by atoms with E-state index in [-0.39, 0.29) is 6.04 Å². The van der Waals surface area contributed by atoms with Gasteiger partial charge >= 0.3 is 0 Å². The molecule has 0 spiro atoms. The van der Waals surface area contributed by atoms with Gasteiger partial charge in [0.2, 0.25) is 0 Å². The molecule has 0 bridgehead atoms. The number of hydrogen-bond acceptors (Lipinski definition) is 5. The van der Waals surface area contributed by atoms with Crippen LogP contribution in [0.5, 0.6) is 0 Å². The summed E-state index contributed by atoms with van der Waals surface area (Å²) in [6.45, 7) is 2.07. The highest BCUT2D eigenvalue weighted by atomic mass is 15.1. The van der Waals surface area contributed by atoms with E-state index < -0.39 is 0 Å². The number of nitrogens with zero attached hydrogens (tertiary/aromatic N) is 2. The normalized spacial score (nSPS) is 11.7. The Bertz CT molecular complexity index is 759. The molecule has 0 aliphatic heterocycles. The lowest BCUT2D eigenvalue weighted by Crippen LogP contribution is -2.11. The summed E-state index contributed by atoms with van der Waals surface area (Å²) in [4.78, 5) is 8.49. The average molecular weight is 305 g/mol. The summed E-state index contributed by atoms with van der Waals surface area (Å²) in [7, 11) is 0. The Morgan fingerprint density at radius 1 is 0.870 bits per heavy atom. The maximum absolute atomic E-state index is 6.21. The van der Waals surface area contributed by atoms with Crippen molar-refractivity contribution in [3.05, 3.63) is 72.6 Å². The van der Waals surface area contributed by atoms with Gasteiger partial charge in [-0.15, -0.1) is 0 Å². The molecular weight excluding hydrogens is 286 g/mol. The van der Waals surface area contributed by atoms with Gasteiger partial charge in [-0.25, -0.2) is 9.97 Å². The van der Waals surface area contributed by atoms with Gasteiger partial charge in [0.1, 0.15) is 12.0 Å². The molecule has 1 unspecified atom stereocenters. The highest BCUT2D eigenvalue weighted by molar-refractivity contribution is 5.77. The summed E-state index contributed by atoms with van der Waals surface area (Å²) >= 11 is 0. The van der Waals surface area contributed by atoms with Crippen molar-refractivity contribution in [1.82, 2.24) is 9.97 Å². The van der Waals surface area contributed by atoms with E-state index in [9.17, 15) is 0 Å². The quantitative estimate of drug-likeness (QED) is 0.665. The summed E-state index contributed by atoms with van der Waals surface area (Å²) in [5.41, 5.74) is 8.81. The topological polar surface area (TPSA) is 75.9 Å². The van der Waals surface area contributed by atoms with Crippen LogP contribution >= 0.6 is 0 Å². The van der Waals surface area contributed by atoms with E-state index in [0.29, 0.717) is 17.3 Å². The molecule has 1 aromatic heterocycles. The van der Waals surface area contributed by atoms with Crippen molar-refractivity contribution in [1.29, 1.82) is 0 Å². The monoisotopic (exact) mass is 305 g/mol. The highest BCUT2D eigenvalue weighted by Gasteiger charge is 2.11. The first kappa shape index (κ1) is 14.8. The molecule has 0 saturated heterocycles. The molecule has 116 valence electrons. The van der Waals surface area contributed by atoms with Crippen molar-refractivity contribution in [3.8, 4) is 0 Å². The largest absolute Gasteiger partial charge is 0.393 e. The molecule has 4 N–H and O–H groups in total. The molecule has 5 heteroatoms. The molecule has 3 aromatic rings. The Balaban J connectivity index is 1.80. The van der Waals surface area contributed by atoms with E-state index in [1.165, 1.54) is 11.9 Å². The lowest BCUT2D eigenvalue weighted by atomic mass is 10.1. The Labute approximate surface area is 135 Å². The summed E-state index contributed by atoms with van der Waals surface area (Å²) in [5.74, 6) is 1.21. The smallest absolute Gasteiger partial charge is 0.159 e. The fourth-order valence-electron chi connectivity index (χ4n) is 2.30. The van der Waals surface area contributed by atoms with Gasteiger partial charge in [0.05, 0.1) is 6.04 Å². The molecule has 2 aromatic carbocycles. The number of nitrogen functional groups attached to an aromatic ring is 1. The minimum Gasteiger partial charge on any atom is -0.393 e. The number of anilines is 4. The minimum atomic E-state index is 0.0953. The number of nitrogens with two attached hydrogens (primary N) is 1. The summed E-state index contributed by atoms with van der Waals surface area (Å²) < 4.78 is 0. The number of hydrogen-bond donors (Lipinski definition) is 3. The predicted octanol–water partition coefficient (Wildman–Crippen LogP) is 3.98. The number of nitrogens with one attached hydrogen (secondary N) is 2. The summed E-state index contributed by atoms with van der Waals surface area (Å²) in [6, 6.07) is 20.0. The zero-order valence-electron chi connectivity index (χ0n) is 12.9. The van der Waals surface area contributed by atoms with Gasteiger partial charge in [0.15, 0.2) is 11.6 Å². The van der Waals surface area contributed by atoms with Crippen LogP contribution in [0.1, 0.15) is 18.5 Å². The lowest BCUT2D eigenvalue weighted by Gasteiger charge is -2.17. The number of para-hydroxylation sites is 1. The van der Waals surface area contributed by atoms with E-state index in [0.717, 1.165) is 5.69 Å². The van der Waals surface area contributed by atoms with Gasteiger partial charge in [-0.1, -0.05) is 48.5 Å². The Morgan fingerprint density at radius 2 is 1.48 bits per heavy atom. The van der Waals surface area contributed by atoms with Gasteiger partial charge in [-0.05, 0) is 24.6 Å². The second-order valence-corrected chi connectivity index (χ2v) is 5.25. The van der Waals surface area contributed by atoms with Crippen molar-refractivity contribution in [2.24, 2.45) is 0 Å². The van der Waals surface area contributed by atoms with Crippen molar-refractivity contribution in [3.63, 3.8) is 0 Å². The van der Waals surface area contributed by atoms with Crippen LogP contribution in [0.2, 0.25) is 0 Å². The highest BCUT2D eigenvalue weighted by Crippen LogP contribution is 2.28. The molecule has 0 aliphatic rings. The molecule has 0 aliphatic carbocycles. The average Bonchev–Trinajstić information content (AvgIpc) is 2.60. The third-order valence-electron chi connectivity index (χ3n) is 3.57. The maximum Gasteiger partial charge on any atom is 0.159 e. The van der Waals surface area contributed by atoms with Crippen LogP contribution in [0.3, 0.4) is 0 Å². The predicted molar refractivity (Wildman–Crippen MR) is 94.6 cm³/mol. The molecule has 1 heterocycles.